The van der Waals surface area contributed by atoms with Gasteiger partial charge in [-0.05, 0) is 79.6 Å². The summed E-state index contributed by atoms with van der Waals surface area (Å²) in [6.45, 7) is 6.31. The van der Waals surface area contributed by atoms with Crippen LogP contribution in [0.25, 0.3) is 11.8 Å². The number of fused-ring (bicyclic) bond motifs is 1. The van der Waals surface area contributed by atoms with E-state index >= 15 is 0 Å². The van der Waals surface area contributed by atoms with E-state index < -0.39 is 5.91 Å². The van der Waals surface area contributed by atoms with E-state index in [4.69, 9.17) is 10.1 Å². The predicted molar refractivity (Wildman–Crippen MR) is 137 cm³/mol. The van der Waals surface area contributed by atoms with Crippen LogP contribution in [0.15, 0.2) is 76.5 Å². The van der Waals surface area contributed by atoms with Crippen molar-refractivity contribution in [2.45, 2.75) is 20.8 Å². The highest BCUT2D eigenvalue weighted by Gasteiger charge is 2.36. The second-order valence-electron chi connectivity index (χ2n) is 8.16. The van der Waals surface area contributed by atoms with E-state index in [9.17, 15) is 4.79 Å². The summed E-state index contributed by atoms with van der Waals surface area (Å²) in [7, 11) is 0. The lowest BCUT2D eigenvalue weighted by Gasteiger charge is -2.20. The molecule has 1 N–H and O–H groups in total. The van der Waals surface area contributed by atoms with E-state index in [1.807, 2.05) is 67.9 Å². The molecule has 8 heteroatoms. The first-order valence-electron chi connectivity index (χ1n) is 10.8. The monoisotopic (exact) mass is 469 g/mol. The summed E-state index contributed by atoms with van der Waals surface area (Å²) in [5, 5.41) is 15.6. The van der Waals surface area contributed by atoms with E-state index in [0.717, 1.165) is 33.8 Å². The largest absolute Gasteiger partial charge is 0.486 e. The van der Waals surface area contributed by atoms with Crippen molar-refractivity contribution in [2.24, 2.45) is 10.1 Å². The zero-order chi connectivity index (χ0) is 23.8. The average Bonchev–Trinajstić information content (AvgIpc) is 3.44. The van der Waals surface area contributed by atoms with Gasteiger partial charge in [0, 0.05) is 17.6 Å². The maximum Gasteiger partial charge on any atom is 0.283 e. The third kappa shape index (κ3) is 4.08. The molecule has 0 saturated heterocycles. The number of amides is 1. The number of aromatic nitrogens is 1. The molecule has 1 amide bonds. The van der Waals surface area contributed by atoms with Gasteiger partial charge in [-0.1, -0.05) is 30.3 Å². The molecule has 0 fully saturated rings. The number of ether oxygens (including phenoxy) is 1. The molecule has 0 bridgehead atoms. The third-order valence-electron chi connectivity index (χ3n) is 5.64. The fourth-order valence-corrected chi connectivity index (χ4v) is 4.60. The Bertz CT molecular complexity index is 1420. The molecule has 7 nitrogen and oxygen atoms in total. The Morgan fingerprint density at radius 3 is 2.71 bits per heavy atom. The van der Waals surface area contributed by atoms with Crippen molar-refractivity contribution >= 4 is 39.8 Å². The van der Waals surface area contributed by atoms with Crippen molar-refractivity contribution in [3.8, 4) is 11.4 Å². The van der Waals surface area contributed by atoms with Crippen LogP contribution in [-0.4, -0.2) is 38.1 Å². The normalized spacial score (nSPS) is 16.6. The quantitative estimate of drug-likeness (QED) is 0.527. The average molecular weight is 470 g/mol. The van der Waals surface area contributed by atoms with Gasteiger partial charge in [-0.2, -0.15) is 15.1 Å². The number of hydrogen-bond donors (Lipinski definition) is 1. The van der Waals surface area contributed by atoms with E-state index in [0.29, 0.717) is 10.2 Å². The van der Waals surface area contributed by atoms with Crippen molar-refractivity contribution in [2.75, 3.05) is 6.61 Å². The summed E-state index contributed by atoms with van der Waals surface area (Å²) in [5.74, 6) is 0.326. The molecule has 3 aromatic rings. The van der Waals surface area contributed by atoms with E-state index in [-0.39, 0.29) is 18.0 Å². The Morgan fingerprint density at radius 1 is 1.06 bits per heavy atom. The van der Waals surface area contributed by atoms with Gasteiger partial charge in [-0.3, -0.25) is 10.2 Å². The van der Waals surface area contributed by atoms with Gasteiger partial charge in [0.1, 0.15) is 17.4 Å². The second kappa shape index (κ2) is 8.79. The molecule has 0 aliphatic carbocycles. The number of thioether (sulfide) groups is 1. The first-order valence-corrected chi connectivity index (χ1v) is 11.6. The summed E-state index contributed by atoms with van der Waals surface area (Å²) < 4.78 is 7.89. The molecule has 0 unspecified atom stereocenters. The number of nitrogens with zero attached hydrogens (tertiary/aromatic N) is 4. The van der Waals surface area contributed by atoms with Crippen LogP contribution < -0.4 is 4.74 Å². The molecular weight excluding hydrogens is 446 g/mol. The minimum Gasteiger partial charge on any atom is -0.486 e. The number of aryl methyl sites for hydroxylation is 3. The van der Waals surface area contributed by atoms with E-state index in [1.54, 1.807) is 6.08 Å². The predicted octanol–water partition coefficient (Wildman–Crippen LogP) is 5.10. The number of aliphatic imine (C=N–C) groups is 1. The van der Waals surface area contributed by atoms with Crippen molar-refractivity contribution in [3.05, 3.63) is 88.8 Å². The van der Waals surface area contributed by atoms with Crippen LogP contribution in [-0.2, 0) is 4.79 Å². The highest BCUT2D eigenvalue weighted by atomic mass is 32.2. The summed E-state index contributed by atoms with van der Waals surface area (Å²) in [4.78, 5) is 17.0. The van der Waals surface area contributed by atoms with Crippen LogP contribution in [0.4, 0.5) is 0 Å². The number of para-hydroxylation sites is 1. The van der Waals surface area contributed by atoms with Crippen molar-refractivity contribution in [1.82, 2.24) is 9.58 Å². The van der Waals surface area contributed by atoms with Gasteiger partial charge in [-0.25, -0.2) is 0 Å². The Hall–Kier alpha value is -3.91. The summed E-state index contributed by atoms with van der Waals surface area (Å²) in [6, 6.07) is 17.8. The number of benzene rings is 2. The van der Waals surface area contributed by atoms with Crippen LogP contribution in [0, 0.1) is 26.2 Å². The highest BCUT2D eigenvalue weighted by molar-refractivity contribution is 8.27. The lowest BCUT2D eigenvalue weighted by atomic mass is 10.1. The van der Waals surface area contributed by atoms with E-state index in [2.05, 4.69) is 28.3 Å². The van der Waals surface area contributed by atoms with Crippen molar-refractivity contribution < 1.29 is 9.53 Å². The maximum atomic E-state index is 12.8. The maximum absolute atomic E-state index is 12.8. The Morgan fingerprint density at radius 2 is 1.88 bits per heavy atom. The van der Waals surface area contributed by atoms with Gasteiger partial charge in [-0.15, -0.1) is 0 Å². The summed E-state index contributed by atoms with van der Waals surface area (Å²) in [5.41, 5.74) is 5.30. The second-order valence-corrected chi connectivity index (χ2v) is 9.20. The number of carbonyl (C=O) groups is 1. The molecular formula is C26H23N5O2S. The number of rotatable bonds is 5. The van der Waals surface area contributed by atoms with Gasteiger partial charge in [0.2, 0.25) is 5.17 Å². The number of hydrogen-bond acceptors (Lipinski definition) is 5. The molecule has 0 spiro atoms. The SMILES string of the molecule is Cc1ccc(C)c(-n2cccc2/C=C2\C(=N)N3N=C(COc4ccccc4C)SC3=NC2=O)c1. The van der Waals surface area contributed by atoms with Gasteiger partial charge in [0.15, 0.2) is 5.84 Å². The van der Waals surface area contributed by atoms with Crippen LogP contribution in [0.2, 0.25) is 0 Å². The molecule has 0 atom stereocenters. The van der Waals surface area contributed by atoms with Gasteiger partial charge in [0.25, 0.3) is 5.91 Å². The zero-order valence-electron chi connectivity index (χ0n) is 19.1. The van der Waals surface area contributed by atoms with Crippen LogP contribution in [0.1, 0.15) is 22.4 Å². The Kier molecular flexibility index (Phi) is 5.67. The summed E-state index contributed by atoms with van der Waals surface area (Å²) in [6.07, 6.45) is 3.65. The molecule has 0 radical (unpaired) electrons. The fraction of sp³-hybridized carbons (Fsp3) is 0.154. The molecule has 2 aromatic carbocycles. The van der Waals surface area contributed by atoms with Crippen molar-refractivity contribution in [3.63, 3.8) is 0 Å². The highest BCUT2D eigenvalue weighted by Crippen LogP contribution is 2.29. The zero-order valence-corrected chi connectivity index (χ0v) is 19.9. The molecule has 170 valence electrons. The standard InChI is InChI=1S/C26H23N5O2S/c1-16-10-11-17(2)21(13-16)30-12-6-8-19(30)14-20-24(27)31-26(28-25(20)32)34-23(29-31)15-33-22-9-5-4-7-18(22)3/h4-14,27H,15H2,1-3H3/b20-14+,27-24?. The fourth-order valence-electron chi connectivity index (χ4n) is 3.81. The molecule has 2 aliphatic heterocycles. The smallest absolute Gasteiger partial charge is 0.283 e. The number of nitrogens with one attached hydrogen (secondary N) is 1. The van der Waals surface area contributed by atoms with Gasteiger partial charge < -0.3 is 9.30 Å². The minimum absolute atomic E-state index is 0.00195. The molecule has 1 aromatic heterocycles. The lowest BCUT2D eigenvalue weighted by Crippen LogP contribution is -2.35. The van der Waals surface area contributed by atoms with Crippen LogP contribution >= 0.6 is 11.8 Å². The van der Waals surface area contributed by atoms with Gasteiger partial charge in [0.05, 0.1) is 5.57 Å². The van der Waals surface area contributed by atoms with Crippen LogP contribution in [0.5, 0.6) is 5.75 Å². The third-order valence-corrected chi connectivity index (χ3v) is 6.52. The Labute approximate surface area is 202 Å². The molecule has 0 saturated carbocycles. The first kappa shape index (κ1) is 21.9. The first-order chi connectivity index (χ1) is 16.4. The van der Waals surface area contributed by atoms with Crippen LogP contribution in [0.3, 0.4) is 0 Å². The van der Waals surface area contributed by atoms with E-state index in [1.165, 1.54) is 16.8 Å². The molecule has 34 heavy (non-hydrogen) atoms. The van der Waals surface area contributed by atoms with Crippen molar-refractivity contribution in [1.29, 1.82) is 5.41 Å². The lowest BCUT2D eigenvalue weighted by molar-refractivity contribution is -0.114. The summed E-state index contributed by atoms with van der Waals surface area (Å²) >= 11 is 1.25. The number of hydrazone groups is 1. The molecule has 3 heterocycles. The minimum atomic E-state index is -0.450. The number of amidine groups is 2. The Balaban J connectivity index is 1.41. The molecule has 2 aliphatic rings. The number of carbonyl (C=O) groups excluding carboxylic acids is 1. The van der Waals surface area contributed by atoms with Gasteiger partial charge >= 0.3 is 0 Å². The molecule has 5 rings (SSSR count). The topological polar surface area (TPSA) is 83.0 Å².